The summed E-state index contributed by atoms with van der Waals surface area (Å²) in [6.45, 7) is 2.40. The molecule has 150 valence electrons. The van der Waals surface area contributed by atoms with Crippen LogP contribution in [-0.4, -0.2) is 48.6 Å². The molecule has 1 N–H and O–H groups in total. The molecule has 3 aromatic rings. The lowest BCUT2D eigenvalue weighted by Crippen LogP contribution is -2.38. The number of aromatic nitrogens is 4. The highest BCUT2D eigenvalue weighted by atomic mass is 16.5. The Kier molecular flexibility index (Phi) is 4.35. The van der Waals surface area contributed by atoms with Gasteiger partial charge in [0, 0.05) is 25.4 Å². The number of hydrogen-bond acceptors (Lipinski definition) is 5. The van der Waals surface area contributed by atoms with Crippen molar-refractivity contribution in [1.29, 1.82) is 0 Å². The van der Waals surface area contributed by atoms with E-state index in [9.17, 15) is 9.90 Å². The summed E-state index contributed by atoms with van der Waals surface area (Å²) in [6.07, 6.45) is 2.73. The van der Waals surface area contributed by atoms with Crippen LogP contribution in [0.5, 0.6) is 5.75 Å². The summed E-state index contributed by atoms with van der Waals surface area (Å²) in [5.41, 5.74) is 3.97. The third kappa shape index (κ3) is 3.19. The zero-order valence-electron chi connectivity index (χ0n) is 16.3. The number of carbonyl (C=O) groups is 1. The molecule has 4 heterocycles. The van der Waals surface area contributed by atoms with Gasteiger partial charge in [-0.3, -0.25) is 14.2 Å². The average Bonchev–Trinajstić information content (AvgIpc) is 3.37. The molecule has 0 aliphatic carbocycles. The van der Waals surface area contributed by atoms with E-state index in [2.05, 4.69) is 10.2 Å². The third-order valence-corrected chi connectivity index (χ3v) is 5.68. The number of aryl methyl sites for hydroxylation is 2. The van der Waals surface area contributed by atoms with Gasteiger partial charge in [-0.1, -0.05) is 0 Å². The number of nitrogens with zero attached hydrogens (tertiary/aromatic N) is 5. The lowest BCUT2D eigenvalue weighted by atomic mass is 10.0. The molecule has 29 heavy (non-hydrogen) atoms. The van der Waals surface area contributed by atoms with Gasteiger partial charge in [0.15, 0.2) is 0 Å². The molecular formula is C21H23N5O3. The van der Waals surface area contributed by atoms with E-state index in [0.29, 0.717) is 36.6 Å². The van der Waals surface area contributed by atoms with Crippen LogP contribution >= 0.6 is 0 Å². The Morgan fingerprint density at radius 3 is 2.97 bits per heavy atom. The summed E-state index contributed by atoms with van der Waals surface area (Å²) in [7, 11) is 1.79. The second-order valence-electron chi connectivity index (χ2n) is 7.57. The van der Waals surface area contributed by atoms with Crippen molar-refractivity contribution in [3.05, 3.63) is 64.7 Å². The maximum atomic E-state index is 13.1. The van der Waals surface area contributed by atoms with Gasteiger partial charge in [0.2, 0.25) is 0 Å². The molecule has 0 bridgehead atoms. The van der Waals surface area contributed by atoms with Crippen LogP contribution in [0.4, 0.5) is 0 Å². The van der Waals surface area contributed by atoms with Crippen LogP contribution in [0.2, 0.25) is 0 Å². The number of hydrogen-bond donors (Lipinski definition) is 1. The molecule has 2 aliphatic heterocycles. The molecule has 8 nitrogen and oxygen atoms in total. The summed E-state index contributed by atoms with van der Waals surface area (Å²) < 4.78 is 9.16. The molecule has 5 rings (SSSR count). The molecule has 0 unspecified atom stereocenters. The van der Waals surface area contributed by atoms with E-state index in [0.717, 1.165) is 36.5 Å². The quantitative estimate of drug-likeness (QED) is 0.732. The van der Waals surface area contributed by atoms with Crippen molar-refractivity contribution >= 4 is 5.91 Å². The van der Waals surface area contributed by atoms with Crippen molar-refractivity contribution in [2.75, 3.05) is 13.2 Å². The maximum Gasteiger partial charge on any atom is 0.254 e. The van der Waals surface area contributed by atoms with Gasteiger partial charge in [-0.25, -0.2) is 0 Å². The van der Waals surface area contributed by atoms with Crippen molar-refractivity contribution < 1.29 is 14.6 Å². The summed E-state index contributed by atoms with van der Waals surface area (Å²) in [5.74, 6) is 0.901. The van der Waals surface area contributed by atoms with Gasteiger partial charge in [0.05, 0.1) is 36.8 Å². The fraction of sp³-hybridized carbons (Fsp3) is 0.381. The molecule has 1 aromatic carbocycles. The third-order valence-electron chi connectivity index (χ3n) is 5.68. The van der Waals surface area contributed by atoms with Crippen LogP contribution in [-0.2, 0) is 26.6 Å². The molecule has 0 radical (unpaired) electrons. The lowest BCUT2D eigenvalue weighted by molar-refractivity contribution is 0.0705. The molecule has 2 aliphatic rings. The minimum atomic E-state index is -0.842. The fourth-order valence-electron chi connectivity index (χ4n) is 4.08. The smallest absolute Gasteiger partial charge is 0.254 e. The molecule has 2 aromatic heterocycles. The molecule has 0 saturated carbocycles. The second-order valence-corrected chi connectivity index (χ2v) is 7.57. The second kappa shape index (κ2) is 7.04. The molecule has 8 heteroatoms. The van der Waals surface area contributed by atoms with Crippen LogP contribution in [0.15, 0.2) is 36.5 Å². The van der Waals surface area contributed by atoms with Gasteiger partial charge in [-0.05, 0) is 48.7 Å². The first-order valence-corrected chi connectivity index (χ1v) is 9.88. The Labute approximate surface area is 168 Å². The SMILES string of the molecule is Cn1nccc1[C@H](O)c1cc2n(n1)CCN(C(=O)c1ccc3c(c1)CCCO3)C2. The number of rotatable bonds is 3. The first-order valence-electron chi connectivity index (χ1n) is 9.88. The van der Waals surface area contributed by atoms with Gasteiger partial charge in [0.25, 0.3) is 5.91 Å². The summed E-state index contributed by atoms with van der Waals surface area (Å²) in [5, 5.41) is 19.3. The fourth-order valence-corrected chi connectivity index (χ4v) is 4.08. The number of aliphatic hydroxyl groups excluding tert-OH is 1. The Hall–Kier alpha value is -3.13. The summed E-state index contributed by atoms with van der Waals surface area (Å²) >= 11 is 0. The van der Waals surface area contributed by atoms with E-state index in [-0.39, 0.29) is 5.91 Å². The molecule has 0 saturated heterocycles. The van der Waals surface area contributed by atoms with Crippen LogP contribution < -0.4 is 4.74 Å². The predicted octanol–water partition coefficient (Wildman–Crippen LogP) is 1.68. The monoisotopic (exact) mass is 393 g/mol. The van der Waals surface area contributed by atoms with Crippen molar-refractivity contribution in [2.24, 2.45) is 7.05 Å². The minimum absolute atomic E-state index is 0.0135. The first-order chi connectivity index (χ1) is 14.1. The van der Waals surface area contributed by atoms with Crippen LogP contribution in [0, 0.1) is 0 Å². The summed E-state index contributed by atoms with van der Waals surface area (Å²) in [4.78, 5) is 14.9. The Morgan fingerprint density at radius 1 is 1.24 bits per heavy atom. The van der Waals surface area contributed by atoms with Gasteiger partial charge in [-0.15, -0.1) is 0 Å². The highest BCUT2D eigenvalue weighted by Crippen LogP contribution is 2.27. The van der Waals surface area contributed by atoms with E-state index in [1.54, 1.807) is 24.0 Å². The first kappa shape index (κ1) is 17.9. The van der Waals surface area contributed by atoms with Crippen molar-refractivity contribution in [3.63, 3.8) is 0 Å². The highest BCUT2D eigenvalue weighted by molar-refractivity contribution is 5.94. The van der Waals surface area contributed by atoms with Crippen LogP contribution in [0.3, 0.4) is 0 Å². The number of aliphatic hydroxyl groups is 1. The van der Waals surface area contributed by atoms with E-state index < -0.39 is 6.10 Å². The van der Waals surface area contributed by atoms with E-state index in [4.69, 9.17) is 4.74 Å². The topological polar surface area (TPSA) is 85.4 Å². The largest absolute Gasteiger partial charge is 0.493 e. The number of benzene rings is 1. The van der Waals surface area contributed by atoms with E-state index >= 15 is 0 Å². The standard InChI is InChI=1S/C21H23N5O3/c1-24-18(6-7-22-24)20(27)17-12-16-13-25(8-9-26(16)23-17)21(28)15-4-5-19-14(11-15)3-2-10-29-19/h4-7,11-12,20,27H,2-3,8-10,13H2,1H3/t20-/m1/s1. The average molecular weight is 393 g/mol. The molecular weight excluding hydrogens is 370 g/mol. The van der Waals surface area contributed by atoms with E-state index in [1.807, 2.05) is 33.8 Å². The Morgan fingerprint density at radius 2 is 2.14 bits per heavy atom. The minimum Gasteiger partial charge on any atom is -0.493 e. The number of amides is 1. The molecule has 0 spiro atoms. The molecule has 0 fully saturated rings. The Bertz CT molecular complexity index is 1070. The lowest BCUT2D eigenvalue weighted by Gasteiger charge is -2.28. The van der Waals surface area contributed by atoms with Crippen molar-refractivity contribution in [3.8, 4) is 5.75 Å². The van der Waals surface area contributed by atoms with Gasteiger partial charge >= 0.3 is 0 Å². The number of fused-ring (bicyclic) bond motifs is 2. The maximum absolute atomic E-state index is 13.1. The highest BCUT2D eigenvalue weighted by Gasteiger charge is 2.26. The van der Waals surface area contributed by atoms with Gasteiger partial charge in [-0.2, -0.15) is 10.2 Å². The number of carbonyl (C=O) groups excluding carboxylic acids is 1. The van der Waals surface area contributed by atoms with Crippen LogP contribution in [0.1, 0.15) is 45.5 Å². The zero-order valence-corrected chi connectivity index (χ0v) is 16.3. The van der Waals surface area contributed by atoms with Gasteiger partial charge < -0.3 is 14.7 Å². The van der Waals surface area contributed by atoms with Gasteiger partial charge in [0.1, 0.15) is 11.9 Å². The van der Waals surface area contributed by atoms with Crippen molar-refractivity contribution in [1.82, 2.24) is 24.5 Å². The molecule has 1 atom stereocenters. The van der Waals surface area contributed by atoms with E-state index in [1.165, 1.54) is 0 Å². The number of ether oxygens (including phenoxy) is 1. The Balaban J connectivity index is 1.35. The normalized spacial score (nSPS) is 16.7. The molecule has 1 amide bonds. The van der Waals surface area contributed by atoms with Crippen molar-refractivity contribution in [2.45, 2.75) is 32.0 Å². The van der Waals surface area contributed by atoms with Crippen LogP contribution in [0.25, 0.3) is 0 Å². The zero-order chi connectivity index (χ0) is 20.0. The predicted molar refractivity (Wildman–Crippen MR) is 104 cm³/mol. The summed E-state index contributed by atoms with van der Waals surface area (Å²) in [6, 6.07) is 9.35.